The van der Waals surface area contributed by atoms with Crippen molar-refractivity contribution in [1.29, 1.82) is 5.26 Å². The van der Waals surface area contributed by atoms with Crippen molar-refractivity contribution < 1.29 is 13.2 Å². The minimum absolute atomic E-state index is 0.0674. The summed E-state index contributed by atoms with van der Waals surface area (Å²) in [5.74, 6) is 0.464. The molecular weight excluding hydrogens is 333 g/mol. The highest BCUT2D eigenvalue weighted by Crippen LogP contribution is 2.42. The number of thioether (sulfide) groups is 1. The SMILES string of the molecule is CC(C)C1(CC#N)CCN(Cc2cccc(SC(F)(F)F)c2)CC1. The Morgan fingerprint density at radius 2 is 1.96 bits per heavy atom. The summed E-state index contributed by atoms with van der Waals surface area (Å²) in [4.78, 5) is 2.51. The summed E-state index contributed by atoms with van der Waals surface area (Å²) in [5, 5.41) is 9.10. The number of rotatable bonds is 5. The lowest BCUT2D eigenvalue weighted by molar-refractivity contribution is -0.0328. The van der Waals surface area contributed by atoms with Crippen molar-refractivity contribution in [2.75, 3.05) is 13.1 Å². The van der Waals surface area contributed by atoms with Crippen LogP contribution in [-0.2, 0) is 6.54 Å². The number of nitriles is 1. The lowest BCUT2D eigenvalue weighted by atomic mass is 9.68. The predicted octanol–water partition coefficient (Wildman–Crippen LogP) is 5.45. The molecule has 0 bridgehead atoms. The molecule has 1 aromatic rings. The molecule has 0 atom stereocenters. The van der Waals surface area contributed by atoms with Gasteiger partial charge in [0.15, 0.2) is 0 Å². The number of hydrogen-bond acceptors (Lipinski definition) is 3. The summed E-state index contributed by atoms with van der Waals surface area (Å²) in [5.41, 5.74) is -3.27. The van der Waals surface area contributed by atoms with E-state index in [1.165, 1.54) is 6.07 Å². The molecule has 0 saturated carbocycles. The van der Waals surface area contributed by atoms with Gasteiger partial charge in [-0.15, -0.1) is 0 Å². The molecule has 1 aromatic carbocycles. The first kappa shape index (κ1) is 19.1. The van der Waals surface area contributed by atoms with Crippen LogP contribution in [0.5, 0.6) is 0 Å². The molecule has 1 saturated heterocycles. The second-order valence-electron chi connectivity index (χ2n) is 6.82. The van der Waals surface area contributed by atoms with Crippen LogP contribution in [0.1, 0.15) is 38.7 Å². The fourth-order valence-corrected chi connectivity index (χ4v) is 4.00. The lowest BCUT2D eigenvalue weighted by Crippen LogP contribution is -2.42. The molecule has 0 unspecified atom stereocenters. The van der Waals surface area contributed by atoms with Gasteiger partial charge in [0.1, 0.15) is 0 Å². The third kappa shape index (κ3) is 5.15. The summed E-state index contributed by atoms with van der Waals surface area (Å²) >= 11 is -0.0674. The fourth-order valence-electron chi connectivity index (χ4n) is 3.37. The zero-order valence-corrected chi connectivity index (χ0v) is 14.9. The maximum atomic E-state index is 12.5. The van der Waals surface area contributed by atoms with Crippen molar-refractivity contribution >= 4 is 11.8 Å². The molecule has 0 radical (unpaired) electrons. The van der Waals surface area contributed by atoms with Crippen LogP contribution in [-0.4, -0.2) is 23.5 Å². The van der Waals surface area contributed by atoms with E-state index in [1.807, 2.05) is 6.07 Å². The topological polar surface area (TPSA) is 27.0 Å². The van der Waals surface area contributed by atoms with E-state index in [4.69, 9.17) is 5.26 Å². The minimum atomic E-state index is -4.25. The summed E-state index contributed by atoms with van der Waals surface area (Å²) in [6.45, 7) is 6.77. The fraction of sp³-hybridized carbons (Fsp3) is 0.611. The Hall–Kier alpha value is -1.19. The van der Waals surface area contributed by atoms with Crippen LogP contribution in [0.3, 0.4) is 0 Å². The lowest BCUT2D eigenvalue weighted by Gasteiger charge is -2.43. The molecule has 0 spiro atoms. The highest BCUT2D eigenvalue weighted by Gasteiger charge is 2.37. The molecule has 0 N–H and O–H groups in total. The van der Waals surface area contributed by atoms with E-state index in [9.17, 15) is 13.2 Å². The van der Waals surface area contributed by atoms with E-state index in [0.29, 0.717) is 18.9 Å². The molecule has 0 aromatic heterocycles. The summed E-state index contributed by atoms with van der Waals surface area (Å²) in [6.07, 6.45) is 2.51. The maximum Gasteiger partial charge on any atom is 0.446 e. The van der Waals surface area contributed by atoms with Gasteiger partial charge < -0.3 is 0 Å². The number of piperidine rings is 1. The average Bonchev–Trinajstić information content (AvgIpc) is 2.48. The van der Waals surface area contributed by atoms with Crippen LogP contribution < -0.4 is 0 Å². The van der Waals surface area contributed by atoms with Gasteiger partial charge in [-0.3, -0.25) is 4.90 Å². The zero-order valence-electron chi connectivity index (χ0n) is 14.1. The summed E-state index contributed by atoms with van der Waals surface area (Å²) in [7, 11) is 0. The van der Waals surface area contributed by atoms with Crippen molar-refractivity contribution in [3.63, 3.8) is 0 Å². The van der Waals surface area contributed by atoms with Gasteiger partial charge in [-0.25, -0.2) is 0 Å². The Balaban J connectivity index is 1.97. The number of hydrogen-bond donors (Lipinski definition) is 0. The Labute approximate surface area is 146 Å². The van der Waals surface area contributed by atoms with Gasteiger partial charge in [-0.1, -0.05) is 26.0 Å². The quantitative estimate of drug-likeness (QED) is 0.656. The van der Waals surface area contributed by atoms with Crippen LogP contribution in [0.2, 0.25) is 0 Å². The Morgan fingerprint density at radius 1 is 1.29 bits per heavy atom. The van der Waals surface area contributed by atoms with Crippen LogP contribution >= 0.6 is 11.8 Å². The number of likely N-dealkylation sites (tertiary alicyclic amines) is 1. The number of benzene rings is 1. The second kappa shape index (κ2) is 7.79. The first-order valence-corrected chi connectivity index (χ1v) is 9.00. The molecule has 0 amide bonds. The van der Waals surface area contributed by atoms with Crippen molar-refractivity contribution in [2.24, 2.45) is 11.3 Å². The normalized spacial score (nSPS) is 18.5. The highest BCUT2D eigenvalue weighted by molar-refractivity contribution is 8.00. The zero-order chi connectivity index (χ0) is 17.8. The van der Waals surface area contributed by atoms with Crippen LogP contribution in [0.15, 0.2) is 29.2 Å². The molecule has 0 aliphatic carbocycles. The number of halogens is 3. The molecule has 24 heavy (non-hydrogen) atoms. The first-order chi connectivity index (χ1) is 11.2. The molecule has 132 valence electrons. The standard InChI is InChI=1S/C18H23F3N2S/c1-14(2)17(6-9-22)7-10-23(11-8-17)13-15-4-3-5-16(12-15)24-18(19,20)21/h3-5,12,14H,6-8,10-11,13H2,1-2H3. The van der Waals surface area contributed by atoms with Crippen molar-refractivity contribution in [2.45, 2.75) is 50.1 Å². The molecular formula is C18H23F3N2S. The summed E-state index contributed by atoms with van der Waals surface area (Å²) < 4.78 is 37.5. The third-order valence-electron chi connectivity index (χ3n) is 5.05. The molecule has 2 rings (SSSR count). The van der Waals surface area contributed by atoms with E-state index in [0.717, 1.165) is 31.5 Å². The van der Waals surface area contributed by atoms with Gasteiger partial charge in [-0.2, -0.15) is 18.4 Å². The summed E-state index contributed by atoms with van der Waals surface area (Å²) in [6, 6.07) is 9.00. The number of nitrogens with zero attached hydrogens (tertiary/aromatic N) is 2. The monoisotopic (exact) mass is 356 g/mol. The average molecular weight is 356 g/mol. The van der Waals surface area contributed by atoms with Gasteiger partial charge in [0.05, 0.1) is 6.07 Å². The van der Waals surface area contributed by atoms with Gasteiger partial charge in [0.25, 0.3) is 0 Å². The third-order valence-corrected chi connectivity index (χ3v) is 5.77. The van der Waals surface area contributed by atoms with Crippen LogP contribution in [0, 0.1) is 22.7 Å². The van der Waals surface area contributed by atoms with Gasteiger partial charge in [0, 0.05) is 17.9 Å². The Kier molecular flexibility index (Phi) is 6.22. The first-order valence-electron chi connectivity index (χ1n) is 8.18. The van der Waals surface area contributed by atoms with Crippen molar-refractivity contribution in [3.05, 3.63) is 29.8 Å². The molecule has 1 heterocycles. The highest BCUT2D eigenvalue weighted by atomic mass is 32.2. The van der Waals surface area contributed by atoms with E-state index in [1.54, 1.807) is 12.1 Å². The predicted molar refractivity (Wildman–Crippen MR) is 90.4 cm³/mol. The molecule has 1 fully saturated rings. The molecule has 2 nitrogen and oxygen atoms in total. The second-order valence-corrected chi connectivity index (χ2v) is 7.96. The minimum Gasteiger partial charge on any atom is -0.299 e. The Bertz CT molecular complexity index is 585. The van der Waals surface area contributed by atoms with Gasteiger partial charge >= 0.3 is 5.51 Å². The molecule has 1 aliphatic heterocycles. The van der Waals surface area contributed by atoms with Crippen LogP contribution in [0.4, 0.5) is 13.2 Å². The van der Waals surface area contributed by atoms with Crippen molar-refractivity contribution in [3.8, 4) is 6.07 Å². The van der Waals surface area contributed by atoms with E-state index < -0.39 is 5.51 Å². The van der Waals surface area contributed by atoms with E-state index >= 15 is 0 Å². The molecule has 6 heteroatoms. The maximum absolute atomic E-state index is 12.5. The smallest absolute Gasteiger partial charge is 0.299 e. The van der Waals surface area contributed by atoms with Gasteiger partial charge in [-0.05, 0) is 66.7 Å². The van der Waals surface area contributed by atoms with Crippen molar-refractivity contribution in [1.82, 2.24) is 4.90 Å². The van der Waals surface area contributed by atoms with Gasteiger partial charge in [0.2, 0.25) is 0 Å². The molecule has 1 aliphatic rings. The van der Waals surface area contributed by atoms with E-state index in [2.05, 4.69) is 24.8 Å². The Morgan fingerprint density at radius 3 is 2.50 bits per heavy atom. The van der Waals surface area contributed by atoms with E-state index in [-0.39, 0.29) is 22.1 Å². The van der Waals surface area contributed by atoms with Crippen LogP contribution in [0.25, 0.3) is 0 Å². The largest absolute Gasteiger partial charge is 0.446 e. The number of alkyl halides is 3.